The topological polar surface area (TPSA) is 99.4 Å². The van der Waals surface area contributed by atoms with Crippen molar-refractivity contribution in [1.29, 1.82) is 0 Å². The molecule has 28 heavy (non-hydrogen) atoms. The van der Waals surface area contributed by atoms with Crippen LogP contribution < -0.4 is 4.74 Å². The van der Waals surface area contributed by atoms with Crippen molar-refractivity contribution in [1.82, 2.24) is 4.90 Å². The highest BCUT2D eigenvalue weighted by Gasteiger charge is 2.30. The van der Waals surface area contributed by atoms with Crippen LogP contribution in [0.3, 0.4) is 0 Å². The number of carboxylic acid groups (broad SMARTS) is 1. The number of phenols is 1. The fourth-order valence-electron chi connectivity index (χ4n) is 2.42. The van der Waals surface area contributed by atoms with E-state index in [9.17, 15) is 14.7 Å². The monoisotopic (exact) mass is 510 g/mol. The molecular formula is C19H15IN2O5S. The number of aromatic carboxylic acids is 1. The summed E-state index contributed by atoms with van der Waals surface area (Å²) in [5, 5.41) is 19.4. The third-order valence-electron chi connectivity index (χ3n) is 3.91. The molecule has 0 aromatic heterocycles. The lowest BCUT2D eigenvalue weighted by Crippen LogP contribution is -2.23. The number of ether oxygens (including phenoxy) is 1. The number of carbonyl (C=O) groups excluding carboxylic acids is 1. The second-order valence-electron chi connectivity index (χ2n) is 5.77. The Morgan fingerprint density at radius 2 is 1.96 bits per heavy atom. The molecule has 7 nitrogen and oxygen atoms in total. The number of likely N-dealkylation sites (N-methyl/N-ethyl adjacent to an activating group) is 1. The van der Waals surface area contributed by atoms with Crippen LogP contribution in [0.25, 0.3) is 6.08 Å². The molecule has 2 N–H and O–H groups in total. The molecule has 1 heterocycles. The number of hydrogen-bond acceptors (Lipinski definition) is 6. The Bertz CT molecular complexity index is 1020. The molecule has 0 aliphatic carbocycles. The maximum absolute atomic E-state index is 12.6. The van der Waals surface area contributed by atoms with Gasteiger partial charge in [0.1, 0.15) is 0 Å². The van der Waals surface area contributed by atoms with Crippen LogP contribution in [-0.4, -0.2) is 46.3 Å². The number of thioether (sulfide) groups is 1. The summed E-state index contributed by atoms with van der Waals surface area (Å²) in [4.78, 5) is 29.8. The Hall–Kier alpha value is -2.53. The molecule has 1 saturated heterocycles. The molecule has 0 saturated carbocycles. The third kappa shape index (κ3) is 4.14. The SMILES string of the molecule is COc1cc(C=C2SC(=Nc3ccc(C(=O)O)cc3)N(C)C2=O)cc(I)c1O. The molecule has 0 spiro atoms. The number of amidine groups is 1. The van der Waals surface area contributed by atoms with Crippen LogP contribution in [0, 0.1) is 3.57 Å². The minimum atomic E-state index is -1.01. The average Bonchev–Trinajstić information content (AvgIpc) is 2.92. The van der Waals surface area contributed by atoms with Crippen LogP contribution in [0.15, 0.2) is 46.3 Å². The van der Waals surface area contributed by atoms with Crippen molar-refractivity contribution >= 4 is 63.2 Å². The zero-order chi connectivity index (χ0) is 20.4. The molecule has 1 amide bonds. The number of rotatable bonds is 4. The number of amides is 1. The molecule has 2 aromatic rings. The average molecular weight is 510 g/mol. The van der Waals surface area contributed by atoms with Gasteiger partial charge in [-0.15, -0.1) is 0 Å². The standard InChI is InChI=1S/C19H15IN2O5S/c1-22-17(24)15(9-10-7-13(20)16(23)14(8-10)27-2)28-19(22)21-12-5-3-11(4-6-12)18(25)26/h3-9,23H,1-2H3,(H,25,26). The van der Waals surface area contributed by atoms with Crippen molar-refractivity contribution in [2.45, 2.75) is 0 Å². The molecule has 9 heteroatoms. The first-order valence-electron chi connectivity index (χ1n) is 7.96. The van der Waals surface area contributed by atoms with Crippen LogP contribution in [0.4, 0.5) is 5.69 Å². The Morgan fingerprint density at radius 1 is 1.29 bits per heavy atom. The van der Waals surface area contributed by atoms with Crippen molar-refractivity contribution in [3.8, 4) is 11.5 Å². The summed E-state index contributed by atoms with van der Waals surface area (Å²) < 4.78 is 5.76. The Morgan fingerprint density at radius 3 is 2.57 bits per heavy atom. The Balaban J connectivity index is 1.90. The molecule has 0 radical (unpaired) electrons. The van der Waals surface area contributed by atoms with Gasteiger partial charge in [-0.1, -0.05) is 0 Å². The number of carbonyl (C=O) groups is 2. The molecule has 1 aliphatic heterocycles. The zero-order valence-electron chi connectivity index (χ0n) is 14.8. The van der Waals surface area contributed by atoms with Gasteiger partial charge in [-0.2, -0.15) is 0 Å². The van der Waals surface area contributed by atoms with Gasteiger partial charge in [0.05, 0.1) is 26.8 Å². The molecule has 0 unspecified atom stereocenters. The molecule has 144 valence electrons. The molecule has 0 atom stereocenters. The molecule has 2 aromatic carbocycles. The first kappa shape index (κ1) is 20.2. The lowest BCUT2D eigenvalue weighted by atomic mass is 10.2. The van der Waals surface area contributed by atoms with Crippen LogP contribution in [0.1, 0.15) is 15.9 Å². The molecule has 0 bridgehead atoms. The van der Waals surface area contributed by atoms with Gasteiger partial charge in [-0.25, -0.2) is 9.79 Å². The van der Waals surface area contributed by atoms with Crippen LogP contribution in [-0.2, 0) is 4.79 Å². The highest BCUT2D eigenvalue weighted by atomic mass is 127. The Labute approximate surface area is 178 Å². The zero-order valence-corrected chi connectivity index (χ0v) is 17.8. The van der Waals surface area contributed by atoms with Gasteiger partial charge in [0.2, 0.25) is 0 Å². The van der Waals surface area contributed by atoms with Crippen molar-refractivity contribution in [3.63, 3.8) is 0 Å². The highest BCUT2D eigenvalue weighted by molar-refractivity contribution is 14.1. The van der Waals surface area contributed by atoms with E-state index in [1.54, 1.807) is 37.4 Å². The lowest BCUT2D eigenvalue weighted by molar-refractivity contribution is -0.121. The quantitative estimate of drug-likeness (QED) is 0.478. The number of benzene rings is 2. The summed E-state index contributed by atoms with van der Waals surface area (Å²) in [6.07, 6.45) is 1.71. The second-order valence-corrected chi connectivity index (χ2v) is 7.95. The fourth-order valence-corrected chi connectivity index (χ4v) is 4.04. The van der Waals surface area contributed by atoms with Gasteiger partial charge in [0.15, 0.2) is 16.7 Å². The van der Waals surface area contributed by atoms with Crippen LogP contribution in [0.5, 0.6) is 11.5 Å². The molecule has 1 fully saturated rings. The predicted octanol–water partition coefficient (Wildman–Crippen LogP) is 3.94. The van der Waals surface area contributed by atoms with Gasteiger partial charge in [-0.3, -0.25) is 9.69 Å². The minimum Gasteiger partial charge on any atom is -0.504 e. The first-order valence-corrected chi connectivity index (χ1v) is 9.86. The van der Waals surface area contributed by atoms with E-state index in [0.29, 0.717) is 25.1 Å². The summed E-state index contributed by atoms with van der Waals surface area (Å²) in [6, 6.07) is 9.50. The van der Waals surface area contributed by atoms with Crippen LogP contribution >= 0.6 is 34.4 Å². The van der Waals surface area contributed by atoms with E-state index < -0.39 is 5.97 Å². The summed E-state index contributed by atoms with van der Waals surface area (Å²) in [6.45, 7) is 0. The Kier molecular flexibility index (Phi) is 5.94. The number of phenolic OH excluding ortho intramolecular Hbond substituents is 1. The predicted molar refractivity (Wildman–Crippen MR) is 116 cm³/mol. The van der Waals surface area contributed by atoms with Crippen molar-refractivity contribution < 1.29 is 24.5 Å². The van der Waals surface area contributed by atoms with E-state index in [1.807, 2.05) is 22.6 Å². The molecular weight excluding hydrogens is 495 g/mol. The van der Waals surface area contributed by atoms with E-state index in [2.05, 4.69) is 4.99 Å². The van der Waals surface area contributed by atoms with Crippen LogP contribution in [0.2, 0.25) is 0 Å². The maximum atomic E-state index is 12.6. The number of aliphatic imine (C=N–C) groups is 1. The number of carboxylic acids is 1. The number of hydrogen-bond donors (Lipinski definition) is 2. The minimum absolute atomic E-state index is 0.0554. The van der Waals surface area contributed by atoms with E-state index >= 15 is 0 Å². The first-order chi connectivity index (χ1) is 13.3. The number of aromatic hydroxyl groups is 1. The van der Waals surface area contributed by atoms with E-state index in [1.165, 1.54) is 35.9 Å². The van der Waals surface area contributed by atoms with Gasteiger partial charge in [-0.05, 0) is 82.4 Å². The number of halogens is 1. The summed E-state index contributed by atoms with van der Waals surface area (Å²) in [7, 11) is 3.09. The van der Waals surface area contributed by atoms with Gasteiger partial charge >= 0.3 is 5.97 Å². The van der Waals surface area contributed by atoms with E-state index in [0.717, 1.165) is 5.56 Å². The normalized spacial score (nSPS) is 16.8. The second kappa shape index (κ2) is 8.23. The van der Waals surface area contributed by atoms with Crippen molar-refractivity contribution in [2.75, 3.05) is 14.2 Å². The highest BCUT2D eigenvalue weighted by Crippen LogP contribution is 2.36. The summed E-state index contributed by atoms with van der Waals surface area (Å²) in [5.74, 6) is -0.825. The number of nitrogens with zero attached hydrogens (tertiary/aromatic N) is 2. The van der Waals surface area contributed by atoms with Gasteiger partial charge < -0.3 is 14.9 Å². The molecule has 1 aliphatic rings. The van der Waals surface area contributed by atoms with Crippen molar-refractivity contribution in [2.24, 2.45) is 4.99 Å². The summed E-state index contributed by atoms with van der Waals surface area (Å²) in [5.41, 5.74) is 1.44. The molecule has 3 rings (SSSR count). The lowest BCUT2D eigenvalue weighted by Gasteiger charge is -2.07. The van der Waals surface area contributed by atoms with Gasteiger partial charge in [0.25, 0.3) is 5.91 Å². The van der Waals surface area contributed by atoms with E-state index in [4.69, 9.17) is 9.84 Å². The smallest absolute Gasteiger partial charge is 0.335 e. The largest absolute Gasteiger partial charge is 0.504 e. The van der Waals surface area contributed by atoms with Gasteiger partial charge in [0, 0.05) is 7.05 Å². The third-order valence-corrected chi connectivity index (χ3v) is 5.79. The van der Waals surface area contributed by atoms with E-state index in [-0.39, 0.29) is 17.2 Å². The van der Waals surface area contributed by atoms with Crippen molar-refractivity contribution in [3.05, 3.63) is 56.0 Å². The summed E-state index contributed by atoms with van der Waals surface area (Å²) >= 11 is 3.21. The fraction of sp³-hybridized carbons (Fsp3) is 0.105. The maximum Gasteiger partial charge on any atom is 0.335 e. The number of methoxy groups -OCH3 is 1.